The second kappa shape index (κ2) is 7.17. The average molecular weight is 320 g/mol. The lowest BCUT2D eigenvalue weighted by Crippen LogP contribution is -2.48. The number of nitrogens with one attached hydrogen (secondary N) is 1. The SMILES string of the molecule is O=C(NC(CO)c1ccco1)C1CCCN1C(=O)C1CCCC1. The van der Waals surface area contributed by atoms with Gasteiger partial charge in [0, 0.05) is 12.5 Å². The Bertz CT molecular complexity index is 537. The van der Waals surface area contributed by atoms with Crippen molar-refractivity contribution in [1.82, 2.24) is 10.2 Å². The number of nitrogens with zero attached hydrogens (tertiary/aromatic N) is 1. The van der Waals surface area contributed by atoms with E-state index in [1.165, 1.54) is 6.26 Å². The zero-order valence-electron chi connectivity index (χ0n) is 13.2. The molecule has 0 bridgehead atoms. The lowest BCUT2D eigenvalue weighted by atomic mass is 10.1. The molecule has 2 heterocycles. The van der Waals surface area contributed by atoms with Crippen LogP contribution in [0.1, 0.15) is 50.3 Å². The maximum atomic E-state index is 12.6. The summed E-state index contributed by atoms with van der Waals surface area (Å²) in [5.74, 6) is 0.526. The molecule has 2 fully saturated rings. The van der Waals surface area contributed by atoms with Crippen LogP contribution in [-0.2, 0) is 9.59 Å². The van der Waals surface area contributed by atoms with Gasteiger partial charge in [0.1, 0.15) is 17.8 Å². The van der Waals surface area contributed by atoms with Crippen molar-refractivity contribution in [2.75, 3.05) is 13.2 Å². The van der Waals surface area contributed by atoms with Gasteiger partial charge in [-0.25, -0.2) is 0 Å². The summed E-state index contributed by atoms with van der Waals surface area (Å²) in [4.78, 5) is 26.9. The van der Waals surface area contributed by atoms with Crippen molar-refractivity contribution in [3.63, 3.8) is 0 Å². The van der Waals surface area contributed by atoms with Gasteiger partial charge in [-0.05, 0) is 37.8 Å². The summed E-state index contributed by atoms with van der Waals surface area (Å²) in [5, 5.41) is 12.3. The molecule has 23 heavy (non-hydrogen) atoms. The maximum Gasteiger partial charge on any atom is 0.243 e. The number of aliphatic hydroxyl groups is 1. The van der Waals surface area contributed by atoms with Gasteiger partial charge in [-0.2, -0.15) is 0 Å². The molecule has 6 nitrogen and oxygen atoms in total. The molecule has 1 saturated carbocycles. The van der Waals surface area contributed by atoms with E-state index in [0.29, 0.717) is 18.7 Å². The quantitative estimate of drug-likeness (QED) is 0.863. The van der Waals surface area contributed by atoms with Crippen molar-refractivity contribution in [3.05, 3.63) is 24.2 Å². The fourth-order valence-corrected chi connectivity index (χ4v) is 3.67. The van der Waals surface area contributed by atoms with Crippen LogP contribution in [-0.4, -0.2) is 41.0 Å². The molecule has 1 aliphatic carbocycles. The molecular formula is C17H24N2O4. The molecule has 1 saturated heterocycles. The summed E-state index contributed by atoms with van der Waals surface area (Å²) in [7, 11) is 0. The van der Waals surface area contributed by atoms with E-state index < -0.39 is 12.1 Å². The van der Waals surface area contributed by atoms with Crippen molar-refractivity contribution in [2.24, 2.45) is 5.92 Å². The molecule has 2 N–H and O–H groups in total. The molecular weight excluding hydrogens is 296 g/mol. The highest BCUT2D eigenvalue weighted by atomic mass is 16.3. The van der Waals surface area contributed by atoms with Crippen LogP contribution in [0.4, 0.5) is 0 Å². The minimum absolute atomic E-state index is 0.0853. The van der Waals surface area contributed by atoms with Crippen LogP contribution >= 0.6 is 0 Å². The topological polar surface area (TPSA) is 82.8 Å². The van der Waals surface area contributed by atoms with Crippen LogP contribution in [0.5, 0.6) is 0 Å². The fourth-order valence-electron chi connectivity index (χ4n) is 3.67. The Kier molecular flexibility index (Phi) is 5.00. The summed E-state index contributed by atoms with van der Waals surface area (Å²) >= 11 is 0. The number of carbonyl (C=O) groups is 2. The van der Waals surface area contributed by atoms with Crippen LogP contribution in [0.3, 0.4) is 0 Å². The zero-order chi connectivity index (χ0) is 16.2. The number of rotatable bonds is 5. The van der Waals surface area contributed by atoms with Crippen LogP contribution in [0.15, 0.2) is 22.8 Å². The largest absolute Gasteiger partial charge is 0.467 e. The fraction of sp³-hybridized carbons (Fsp3) is 0.647. The Labute approximate surface area is 135 Å². The van der Waals surface area contributed by atoms with Gasteiger partial charge < -0.3 is 19.7 Å². The Hall–Kier alpha value is -1.82. The highest BCUT2D eigenvalue weighted by molar-refractivity contribution is 5.89. The van der Waals surface area contributed by atoms with Crippen LogP contribution in [0, 0.1) is 5.92 Å². The first-order chi connectivity index (χ1) is 11.2. The van der Waals surface area contributed by atoms with E-state index in [1.54, 1.807) is 17.0 Å². The Morgan fingerprint density at radius 3 is 2.74 bits per heavy atom. The number of hydrogen-bond donors (Lipinski definition) is 2. The van der Waals surface area contributed by atoms with Crippen LogP contribution in [0.25, 0.3) is 0 Å². The third-order valence-corrected chi connectivity index (χ3v) is 4.93. The molecule has 0 aromatic carbocycles. The third kappa shape index (κ3) is 3.42. The molecule has 1 aliphatic heterocycles. The molecule has 0 spiro atoms. The predicted octanol–water partition coefficient (Wildman–Crippen LogP) is 1.61. The highest BCUT2D eigenvalue weighted by Gasteiger charge is 2.38. The summed E-state index contributed by atoms with van der Waals surface area (Å²) in [6, 6.07) is 2.45. The first-order valence-electron chi connectivity index (χ1n) is 8.46. The molecule has 2 atom stereocenters. The second-order valence-corrected chi connectivity index (χ2v) is 6.43. The van der Waals surface area contributed by atoms with Gasteiger partial charge in [0.15, 0.2) is 0 Å². The third-order valence-electron chi connectivity index (χ3n) is 4.93. The smallest absolute Gasteiger partial charge is 0.243 e. The van der Waals surface area contributed by atoms with Crippen LogP contribution < -0.4 is 5.32 Å². The van der Waals surface area contributed by atoms with Crippen molar-refractivity contribution in [1.29, 1.82) is 0 Å². The Morgan fingerprint density at radius 2 is 2.09 bits per heavy atom. The normalized spacial score (nSPS) is 23.2. The van der Waals surface area contributed by atoms with E-state index in [4.69, 9.17) is 4.42 Å². The van der Waals surface area contributed by atoms with Crippen molar-refractivity contribution >= 4 is 11.8 Å². The van der Waals surface area contributed by atoms with Gasteiger partial charge in [-0.1, -0.05) is 12.8 Å². The number of amides is 2. The summed E-state index contributed by atoms with van der Waals surface area (Å²) in [6.07, 6.45) is 7.13. The number of furan rings is 1. The van der Waals surface area contributed by atoms with Gasteiger partial charge >= 0.3 is 0 Å². The minimum atomic E-state index is -0.568. The standard InChI is InChI=1S/C17H24N2O4/c20-11-13(15-8-4-10-23-15)18-16(21)14-7-3-9-19(14)17(22)12-5-1-2-6-12/h4,8,10,12-14,20H,1-3,5-7,9,11H2,(H,18,21). The molecule has 2 amide bonds. The molecule has 1 aromatic rings. The number of aliphatic hydroxyl groups excluding tert-OH is 1. The molecule has 3 rings (SSSR count). The summed E-state index contributed by atoms with van der Waals surface area (Å²) in [6.45, 7) is 0.417. The highest BCUT2D eigenvalue weighted by Crippen LogP contribution is 2.30. The average Bonchev–Trinajstić information content (AvgIpc) is 3.33. The molecule has 0 radical (unpaired) electrons. The van der Waals surface area contributed by atoms with Gasteiger partial charge in [-0.3, -0.25) is 9.59 Å². The Morgan fingerprint density at radius 1 is 1.30 bits per heavy atom. The predicted molar refractivity (Wildman–Crippen MR) is 83.4 cm³/mol. The van der Waals surface area contributed by atoms with E-state index in [2.05, 4.69) is 5.32 Å². The first-order valence-corrected chi connectivity index (χ1v) is 8.46. The van der Waals surface area contributed by atoms with E-state index in [0.717, 1.165) is 32.1 Å². The molecule has 6 heteroatoms. The first kappa shape index (κ1) is 16.1. The van der Waals surface area contributed by atoms with E-state index in [-0.39, 0.29) is 24.3 Å². The van der Waals surface area contributed by atoms with Gasteiger partial charge in [0.05, 0.1) is 12.9 Å². The number of hydrogen-bond acceptors (Lipinski definition) is 4. The molecule has 1 aromatic heterocycles. The zero-order valence-corrected chi connectivity index (χ0v) is 13.2. The lowest BCUT2D eigenvalue weighted by Gasteiger charge is -2.27. The second-order valence-electron chi connectivity index (χ2n) is 6.43. The van der Waals surface area contributed by atoms with Crippen LogP contribution in [0.2, 0.25) is 0 Å². The van der Waals surface area contributed by atoms with E-state index in [1.807, 2.05) is 0 Å². The minimum Gasteiger partial charge on any atom is -0.467 e. The van der Waals surface area contributed by atoms with E-state index >= 15 is 0 Å². The van der Waals surface area contributed by atoms with Crippen molar-refractivity contribution < 1.29 is 19.1 Å². The van der Waals surface area contributed by atoms with Gasteiger partial charge in [0.25, 0.3) is 0 Å². The summed E-state index contributed by atoms with van der Waals surface area (Å²) in [5.41, 5.74) is 0. The number of carbonyl (C=O) groups excluding carboxylic acids is 2. The molecule has 2 aliphatic rings. The maximum absolute atomic E-state index is 12.6. The molecule has 2 unspecified atom stereocenters. The van der Waals surface area contributed by atoms with E-state index in [9.17, 15) is 14.7 Å². The number of likely N-dealkylation sites (tertiary alicyclic amines) is 1. The monoisotopic (exact) mass is 320 g/mol. The summed E-state index contributed by atoms with van der Waals surface area (Å²) < 4.78 is 5.25. The van der Waals surface area contributed by atoms with Crippen molar-refractivity contribution in [3.8, 4) is 0 Å². The molecule has 126 valence electrons. The lowest BCUT2D eigenvalue weighted by molar-refractivity contribution is -0.141. The van der Waals surface area contributed by atoms with Gasteiger partial charge in [-0.15, -0.1) is 0 Å². The van der Waals surface area contributed by atoms with Crippen molar-refractivity contribution in [2.45, 2.75) is 50.6 Å². The van der Waals surface area contributed by atoms with Gasteiger partial charge in [0.2, 0.25) is 11.8 Å². The Balaban J connectivity index is 1.64.